The van der Waals surface area contributed by atoms with E-state index < -0.39 is 7.26 Å². The number of rotatable bonds is 11. The van der Waals surface area contributed by atoms with E-state index in [1.165, 1.54) is 0 Å². The Morgan fingerprint density at radius 3 is 1.27 bits per heavy atom. The maximum atomic E-state index is 14.2. The number of amides is 1. The predicted octanol–water partition coefficient (Wildman–Crippen LogP) is 10.9. The standard InChI is InChI=1S/C40H30Cl2NOPS2.ClH/c41-31-21-25-36(26-22-31)46-39(47-37-27-23-32(42)24-28-37)29-38(43-40(44)30-13-5-1-6-14-30)45(33-15-7-2-8-16-33,34-17-9-3-10-18-34)35-19-11-4-12-20-35;/h1-29,39H;1H/p+1/b38-29+;. The van der Waals surface area contributed by atoms with Crippen LogP contribution in [-0.4, -0.2) is 10.5 Å². The highest BCUT2D eigenvalue weighted by Gasteiger charge is 2.51. The molecule has 0 unspecified atom stereocenters. The number of nitrogens with one attached hydrogen (secondary N) is 1. The van der Waals surface area contributed by atoms with Crippen molar-refractivity contribution in [2.45, 2.75) is 14.4 Å². The van der Waals surface area contributed by atoms with Crippen LogP contribution in [0, 0.1) is 0 Å². The lowest BCUT2D eigenvalue weighted by molar-refractivity contribution is 0.0968. The number of hydrogen-bond acceptors (Lipinski definition) is 3. The minimum Gasteiger partial charge on any atom is -0.292 e. The maximum Gasteiger partial charge on any atom is 0.258 e. The molecule has 0 saturated heterocycles. The second-order valence-electron chi connectivity index (χ2n) is 10.6. The summed E-state index contributed by atoms with van der Waals surface area (Å²) < 4.78 is -0.140. The molecule has 6 rings (SSSR count). The summed E-state index contributed by atoms with van der Waals surface area (Å²) in [5, 5.41) is 8.29. The van der Waals surface area contributed by atoms with Crippen LogP contribution in [-0.2, 0) is 0 Å². The third-order valence-electron chi connectivity index (χ3n) is 7.50. The van der Waals surface area contributed by atoms with Gasteiger partial charge in [-0.3, -0.25) is 10.1 Å². The summed E-state index contributed by atoms with van der Waals surface area (Å²) >= 11 is 16.0. The Morgan fingerprint density at radius 2 is 0.896 bits per heavy atom. The van der Waals surface area contributed by atoms with Gasteiger partial charge in [0.1, 0.15) is 15.9 Å². The van der Waals surface area contributed by atoms with E-state index in [1.54, 1.807) is 23.5 Å². The third kappa shape index (κ3) is 8.57. The lowest BCUT2D eigenvalue weighted by Crippen LogP contribution is -2.38. The largest absolute Gasteiger partial charge is 0.292 e. The van der Waals surface area contributed by atoms with Crippen molar-refractivity contribution in [3.63, 3.8) is 0 Å². The number of carbonyl (C=O) groups is 1. The molecule has 0 bridgehead atoms. The van der Waals surface area contributed by atoms with E-state index >= 15 is 0 Å². The van der Waals surface area contributed by atoms with Crippen LogP contribution in [0.15, 0.2) is 191 Å². The van der Waals surface area contributed by atoms with Crippen molar-refractivity contribution in [3.05, 3.63) is 197 Å². The van der Waals surface area contributed by atoms with Gasteiger partial charge in [0.05, 0.1) is 4.58 Å². The molecule has 6 aromatic carbocycles. The molecule has 0 fully saturated rings. The molecule has 0 aromatic heterocycles. The van der Waals surface area contributed by atoms with Gasteiger partial charge in [-0.15, -0.1) is 35.9 Å². The molecular weight excluding hydrogens is 712 g/mol. The zero-order chi connectivity index (χ0) is 32.5. The fourth-order valence-electron chi connectivity index (χ4n) is 5.35. The van der Waals surface area contributed by atoms with E-state index in [0.29, 0.717) is 15.6 Å². The first-order chi connectivity index (χ1) is 23.0. The van der Waals surface area contributed by atoms with Crippen molar-refractivity contribution in [3.8, 4) is 0 Å². The second-order valence-corrected chi connectivity index (χ2v) is 17.5. The topological polar surface area (TPSA) is 29.1 Å². The average molecular weight is 744 g/mol. The highest BCUT2D eigenvalue weighted by Crippen LogP contribution is 2.62. The van der Waals surface area contributed by atoms with Crippen LogP contribution in [0.5, 0.6) is 0 Å². The Balaban J connectivity index is 0.00000451. The highest BCUT2D eigenvalue weighted by molar-refractivity contribution is 8.17. The van der Waals surface area contributed by atoms with E-state index in [1.807, 2.05) is 97.1 Å². The van der Waals surface area contributed by atoms with Gasteiger partial charge in [-0.25, -0.2) is 0 Å². The van der Waals surface area contributed by atoms with Crippen LogP contribution in [0.3, 0.4) is 0 Å². The van der Waals surface area contributed by atoms with Gasteiger partial charge in [0, 0.05) is 31.5 Å². The first kappa shape index (κ1) is 35.8. The summed E-state index contributed by atoms with van der Waals surface area (Å²) in [4.78, 5) is 16.3. The summed E-state index contributed by atoms with van der Waals surface area (Å²) in [7, 11) is -2.66. The highest BCUT2D eigenvalue weighted by atomic mass is 35.5. The number of halogens is 3. The molecular formula is C40H32Cl3NOPS2+. The van der Waals surface area contributed by atoms with Gasteiger partial charge in [-0.1, -0.05) is 96.0 Å². The molecule has 1 amide bonds. The van der Waals surface area contributed by atoms with Crippen LogP contribution < -0.4 is 21.2 Å². The first-order valence-electron chi connectivity index (χ1n) is 15.0. The van der Waals surface area contributed by atoms with Crippen LogP contribution in [0.4, 0.5) is 0 Å². The molecule has 0 atom stereocenters. The molecule has 0 aliphatic carbocycles. The van der Waals surface area contributed by atoms with Crippen LogP contribution in [0.25, 0.3) is 0 Å². The molecule has 0 heterocycles. The number of hydrogen-bond donors (Lipinski definition) is 1. The lowest BCUT2D eigenvalue weighted by atomic mass is 10.2. The van der Waals surface area contributed by atoms with E-state index in [2.05, 4.69) is 84.2 Å². The normalized spacial score (nSPS) is 11.5. The van der Waals surface area contributed by atoms with Gasteiger partial charge in [-0.2, -0.15) is 0 Å². The number of carbonyl (C=O) groups excluding carboxylic acids is 1. The summed E-state index contributed by atoms with van der Waals surface area (Å²) in [6, 6.07) is 56.9. The quantitative estimate of drug-likeness (QED) is 0.0814. The minimum absolute atomic E-state index is 0. The van der Waals surface area contributed by atoms with Gasteiger partial charge in [-0.05, 0) is 97.1 Å². The van der Waals surface area contributed by atoms with Crippen LogP contribution >= 0.6 is 66.4 Å². The number of benzene rings is 6. The first-order valence-corrected chi connectivity index (χ1v) is 19.3. The molecule has 1 N–H and O–H groups in total. The summed E-state index contributed by atoms with van der Waals surface area (Å²) in [5.41, 5.74) is 1.46. The molecule has 2 nitrogen and oxygen atoms in total. The van der Waals surface area contributed by atoms with Crippen LogP contribution in [0.2, 0.25) is 10.0 Å². The van der Waals surface area contributed by atoms with Crippen molar-refractivity contribution < 1.29 is 4.79 Å². The van der Waals surface area contributed by atoms with Crippen molar-refractivity contribution in [1.29, 1.82) is 0 Å². The molecule has 8 heteroatoms. The van der Waals surface area contributed by atoms with Gasteiger partial charge in [0.25, 0.3) is 5.91 Å². The van der Waals surface area contributed by atoms with Crippen molar-refractivity contribution >= 4 is 88.2 Å². The van der Waals surface area contributed by atoms with Gasteiger partial charge >= 0.3 is 0 Å². The summed E-state index contributed by atoms with van der Waals surface area (Å²) in [5.74, 6) is -0.157. The second kappa shape index (κ2) is 17.3. The lowest BCUT2D eigenvalue weighted by Gasteiger charge is -2.30. The molecule has 240 valence electrons. The van der Waals surface area contributed by atoms with Gasteiger partial charge in [0.15, 0.2) is 12.7 Å². The zero-order valence-electron chi connectivity index (χ0n) is 25.7. The van der Waals surface area contributed by atoms with E-state index in [-0.39, 0.29) is 22.9 Å². The molecule has 0 radical (unpaired) electrons. The Morgan fingerprint density at radius 1 is 0.542 bits per heavy atom. The van der Waals surface area contributed by atoms with E-state index in [4.69, 9.17) is 23.2 Å². The van der Waals surface area contributed by atoms with E-state index in [0.717, 1.165) is 31.1 Å². The average Bonchev–Trinajstić information content (AvgIpc) is 3.12. The summed E-state index contributed by atoms with van der Waals surface area (Å²) in [6.45, 7) is 0. The number of thioether (sulfide) groups is 2. The Kier molecular flexibility index (Phi) is 12.9. The van der Waals surface area contributed by atoms with Crippen molar-refractivity contribution in [2.24, 2.45) is 0 Å². The van der Waals surface area contributed by atoms with E-state index in [9.17, 15) is 4.79 Å². The van der Waals surface area contributed by atoms with Crippen molar-refractivity contribution in [1.82, 2.24) is 5.32 Å². The molecule has 48 heavy (non-hydrogen) atoms. The molecule has 0 saturated carbocycles. The monoisotopic (exact) mass is 742 g/mol. The Bertz CT molecular complexity index is 1780. The predicted molar refractivity (Wildman–Crippen MR) is 213 cm³/mol. The third-order valence-corrected chi connectivity index (χ3v) is 14.6. The fourth-order valence-corrected chi connectivity index (χ4v) is 12.4. The van der Waals surface area contributed by atoms with Crippen LogP contribution in [0.1, 0.15) is 10.4 Å². The molecule has 0 spiro atoms. The molecule has 6 aromatic rings. The SMILES string of the molecule is Cl.O=C(N/C(=C\C(Sc1ccc(Cl)cc1)Sc1ccc(Cl)cc1)[P+](c1ccccc1)(c1ccccc1)c1ccccc1)c1ccccc1. The Labute approximate surface area is 307 Å². The molecule has 0 aliphatic heterocycles. The van der Waals surface area contributed by atoms with Crippen molar-refractivity contribution in [2.75, 3.05) is 0 Å². The smallest absolute Gasteiger partial charge is 0.258 e. The van der Waals surface area contributed by atoms with Gasteiger partial charge in [0.2, 0.25) is 0 Å². The fraction of sp³-hybridized carbons (Fsp3) is 0.0250. The van der Waals surface area contributed by atoms with Gasteiger partial charge < -0.3 is 0 Å². The zero-order valence-corrected chi connectivity index (χ0v) is 30.5. The molecule has 0 aliphatic rings. The maximum absolute atomic E-state index is 14.2. The summed E-state index contributed by atoms with van der Waals surface area (Å²) in [6.07, 6.45) is 2.25. The Hall–Kier alpha value is -3.47. The minimum atomic E-state index is -2.66.